The second kappa shape index (κ2) is 5.39. The van der Waals surface area contributed by atoms with Crippen molar-refractivity contribution in [2.24, 2.45) is 0 Å². The minimum atomic E-state index is -1.54. The largest absolute Gasteiger partial charge is 0.417 e. The van der Waals surface area contributed by atoms with Crippen molar-refractivity contribution in [1.29, 1.82) is 0 Å². The molecule has 4 heteroatoms. The Labute approximate surface area is 116 Å². The second-order valence-electron chi connectivity index (χ2n) is 8.21. The van der Waals surface area contributed by atoms with E-state index in [1.54, 1.807) is 0 Å². The van der Waals surface area contributed by atoms with Gasteiger partial charge in [-0.15, -0.1) is 0 Å². The molecule has 1 fully saturated rings. The Kier molecular flexibility index (Phi) is 4.91. The summed E-state index contributed by atoms with van der Waals surface area (Å²) in [6.07, 6.45) is 2.88. The van der Waals surface area contributed by atoms with Crippen LogP contribution in [0, 0.1) is 0 Å². The zero-order chi connectivity index (χ0) is 14.2. The van der Waals surface area contributed by atoms with Gasteiger partial charge < -0.3 is 9.16 Å². The average molecular weight is 289 g/mol. The molecule has 2 nitrogen and oxygen atoms in total. The van der Waals surface area contributed by atoms with Gasteiger partial charge in [-0.3, -0.25) is 0 Å². The lowest BCUT2D eigenvalue weighted by Crippen LogP contribution is -2.41. The van der Waals surface area contributed by atoms with Gasteiger partial charge in [0.25, 0.3) is 0 Å². The van der Waals surface area contributed by atoms with E-state index < -0.39 is 16.4 Å². The molecule has 2 atom stereocenters. The molecule has 0 bridgehead atoms. The Hall–Kier alpha value is 0.354. The van der Waals surface area contributed by atoms with Crippen molar-refractivity contribution in [1.82, 2.24) is 0 Å². The predicted molar refractivity (Wildman–Crippen MR) is 84.4 cm³/mol. The molecular formula is C14H32O2Si2. The van der Waals surface area contributed by atoms with E-state index in [-0.39, 0.29) is 0 Å². The predicted octanol–water partition coefficient (Wildman–Crippen LogP) is 4.43. The van der Waals surface area contributed by atoms with Gasteiger partial charge >= 0.3 is 0 Å². The summed E-state index contributed by atoms with van der Waals surface area (Å²) in [5.41, 5.74) is 0.602. The van der Waals surface area contributed by atoms with Gasteiger partial charge in [-0.05, 0) is 31.0 Å². The number of hydrogen-bond donors (Lipinski definition) is 0. The molecule has 0 aliphatic carbocycles. The summed E-state index contributed by atoms with van der Waals surface area (Å²) in [5.74, 6) is 0. The third kappa shape index (κ3) is 4.47. The Balaban J connectivity index is 2.18. The van der Waals surface area contributed by atoms with E-state index in [9.17, 15) is 0 Å². The van der Waals surface area contributed by atoms with E-state index in [4.69, 9.17) is 9.16 Å². The molecule has 18 heavy (non-hydrogen) atoms. The molecule has 0 aromatic heterocycles. The lowest BCUT2D eigenvalue weighted by molar-refractivity contribution is 0.270. The Bertz CT molecular complexity index is 276. The minimum absolute atomic E-state index is 0.323. The van der Waals surface area contributed by atoms with Gasteiger partial charge in [0.15, 0.2) is 8.32 Å². The fraction of sp³-hybridized carbons (Fsp3) is 1.00. The topological polar surface area (TPSA) is 21.8 Å². The molecule has 0 saturated carbocycles. The Morgan fingerprint density at radius 1 is 1.06 bits per heavy atom. The zero-order valence-corrected chi connectivity index (χ0v) is 15.6. The quantitative estimate of drug-likeness (QED) is 0.409. The van der Waals surface area contributed by atoms with Crippen molar-refractivity contribution < 1.29 is 9.16 Å². The summed E-state index contributed by atoms with van der Waals surface area (Å²) in [6.45, 7) is 19.6. The molecule has 1 rings (SSSR count). The van der Waals surface area contributed by atoms with Gasteiger partial charge in [0.1, 0.15) is 0 Å². The van der Waals surface area contributed by atoms with Crippen LogP contribution in [0.3, 0.4) is 0 Å². The lowest BCUT2D eigenvalue weighted by atomic mass is 10.2. The van der Waals surface area contributed by atoms with E-state index in [1.807, 2.05) is 0 Å². The number of ether oxygens (including phenoxy) is 1. The lowest BCUT2D eigenvalue weighted by Gasteiger charge is -2.36. The van der Waals surface area contributed by atoms with E-state index in [1.165, 1.54) is 6.42 Å². The average Bonchev–Trinajstić information content (AvgIpc) is 2.89. The van der Waals surface area contributed by atoms with E-state index in [2.05, 4.69) is 53.5 Å². The van der Waals surface area contributed by atoms with Crippen LogP contribution in [0.1, 0.15) is 33.6 Å². The van der Waals surface area contributed by atoms with Crippen molar-refractivity contribution in [3.63, 3.8) is 0 Å². The maximum Gasteiger partial charge on any atom is 0.191 e. The molecule has 0 unspecified atom stereocenters. The molecule has 0 amide bonds. The van der Waals surface area contributed by atoms with Crippen molar-refractivity contribution in [3.05, 3.63) is 0 Å². The van der Waals surface area contributed by atoms with Crippen LogP contribution < -0.4 is 0 Å². The summed E-state index contributed by atoms with van der Waals surface area (Å²) in [4.78, 5) is 0. The third-order valence-electron chi connectivity index (χ3n) is 4.34. The van der Waals surface area contributed by atoms with Gasteiger partial charge in [-0.25, -0.2) is 0 Å². The molecule has 0 N–H and O–H groups in total. The zero-order valence-electron chi connectivity index (χ0n) is 13.6. The van der Waals surface area contributed by atoms with E-state index >= 15 is 0 Å². The molecular weight excluding hydrogens is 256 g/mol. The standard InChI is InChI=1S/C14H32O2Si2/c1-14(2,3)18(7,8)15-11-9-10-12-13(16-12)17(4,5)6/h12-13H,9-11H2,1-8H3/t12-,13-/m0/s1. The SMILES string of the molecule is CC(C)(C)[Si](C)(C)OCCC[C@@H]1O[C@H]1[Si](C)(C)C. The summed E-state index contributed by atoms with van der Waals surface area (Å²) in [6, 6.07) is 0. The number of rotatable bonds is 6. The van der Waals surface area contributed by atoms with Crippen molar-refractivity contribution in [2.75, 3.05) is 6.61 Å². The normalized spacial score (nSPS) is 25.3. The van der Waals surface area contributed by atoms with Crippen LogP contribution in [0.2, 0.25) is 37.8 Å². The highest BCUT2D eigenvalue weighted by atomic mass is 28.4. The number of hydrogen-bond acceptors (Lipinski definition) is 2. The first-order valence-corrected chi connectivity index (χ1v) is 13.7. The van der Waals surface area contributed by atoms with Crippen LogP contribution >= 0.6 is 0 Å². The van der Waals surface area contributed by atoms with Crippen LogP contribution in [-0.4, -0.2) is 34.8 Å². The Morgan fingerprint density at radius 3 is 2.00 bits per heavy atom. The van der Waals surface area contributed by atoms with Crippen LogP contribution in [0.15, 0.2) is 0 Å². The van der Waals surface area contributed by atoms with Crippen molar-refractivity contribution in [3.8, 4) is 0 Å². The Morgan fingerprint density at radius 2 is 1.61 bits per heavy atom. The third-order valence-corrected chi connectivity index (χ3v) is 11.1. The molecule has 1 aliphatic heterocycles. The highest BCUT2D eigenvalue weighted by Gasteiger charge is 2.47. The fourth-order valence-corrected chi connectivity index (χ4v) is 4.91. The first kappa shape index (κ1) is 16.4. The van der Waals surface area contributed by atoms with Gasteiger partial charge in [-0.2, -0.15) is 0 Å². The molecule has 1 saturated heterocycles. The number of epoxide rings is 1. The molecule has 0 aromatic rings. The monoisotopic (exact) mass is 288 g/mol. The smallest absolute Gasteiger partial charge is 0.191 e. The maximum atomic E-state index is 6.19. The first-order chi connectivity index (χ1) is 7.95. The summed E-state index contributed by atoms with van der Waals surface area (Å²) >= 11 is 0. The maximum absolute atomic E-state index is 6.19. The van der Waals surface area contributed by atoms with Gasteiger partial charge in [-0.1, -0.05) is 40.4 Å². The van der Waals surface area contributed by atoms with Crippen molar-refractivity contribution >= 4 is 16.4 Å². The molecule has 0 aromatic carbocycles. The van der Waals surface area contributed by atoms with Crippen LogP contribution in [0.25, 0.3) is 0 Å². The van der Waals surface area contributed by atoms with Gasteiger partial charge in [0.2, 0.25) is 0 Å². The molecule has 108 valence electrons. The summed E-state index contributed by atoms with van der Waals surface area (Å²) in [5, 5.41) is 0.323. The highest BCUT2D eigenvalue weighted by Crippen LogP contribution is 2.37. The highest BCUT2D eigenvalue weighted by molar-refractivity contribution is 6.78. The fourth-order valence-electron chi connectivity index (χ4n) is 1.95. The van der Waals surface area contributed by atoms with Crippen LogP contribution in [0.5, 0.6) is 0 Å². The summed E-state index contributed by atoms with van der Waals surface area (Å²) < 4.78 is 12.0. The van der Waals surface area contributed by atoms with Crippen LogP contribution in [-0.2, 0) is 9.16 Å². The summed E-state index contributed by atoms with van der Waals surface area (Å²) in [7, 11) is -2.61. The van der Waals surface area contributed by atoms with E-state index in [0.717, 1.165) is 13.0 Å². The van der Waals surface area contributed by atoms with E-state index in [0.29, 0.717) is 16.9 Å². The van der Waals surface area contributed by atoms with Gasteiger partial charge in [0, 0.05) is 6.61 Å². The molecule has 1 aliphatic rings. The van der Waals surface area contributed by atoms with Gasteiger partial charge in [0.05, 0.1) is 19.9 Å². The molecule has 0 radical (unpaired) electrons. The minimum Gasteiger partial charge on any atom is -0.417 e. The molecule has 1 heterocycles. The van der Waals surface area contributed by atoms with Crippen LogP contribution in [0.4, 0.5) is 0 Å². The first-order valence-electron chi connectivity index (χ1n) is 7.24. The molecule has 0 spiro atoms. The second-order valence-corrected chi connectivity index (χ2v) is 18.3. The van der Waals surface area contributed by atoms with Crippen molar-refractivity contribution in [2.45, 2.75) is 83.2 Å².